The van der Waals surface area contributed by atoms with Crippen molar-refractivity contribution in [3.8, 4) is 0 Å². The third-order valence-electron chi connectivity index (χ3n) is 3.35. The maximum atomic E-state index is 12.0. The minimum absolute atomic E-state index is 0.0229. The van der Waals surface area contributed by atoms with Crippen LogP contribution >= 0.6 is 11.3 Å². The molecule has 0 aliphatic rings. The van der Waals surface area contributed by atoms with Gasteiger partial charge in [0.1, 0.15) is 0 Å². The highest BCUT2D eigenvalue weighted by Gasteiger charge is 2.13. The fourth-order valence-electron chi connectivity index (χ4n) is 2.02. The van der Waals surface area contributed by atoms with Gasteiger partial charge in [0.2, 0.25) is 11.8 Å². The van der Waals surface area contributed by atoms with Crippen LogP contribution < -0.4 is 5.32 Å². The van der Waals surface area contributed by atoms with Gasteiger partial charge in [-0.2, -0.15) is 11.3 Å². The van der Waals surface area contributed by atoms with Crippen LogP contribution in [0.15, 0.2) is 41.1 Å². The Hall–Kier alpha value is -2.14. The van der Waals surface area contributed by atoms with Crippen molar-refractivity contribution in [2.75, 3.05) is 18.9 Å². The summed E-state index contributed by atoms with van der Waals surface area (Å²) in [5.74, 6) is -0.208. The summed E-state index contributed by atoms with van der Waals surface area (Å²) in [4.78, 5) is 25.4. The minimum Gasteiger partial charge on any atom is -0.336 e. The van der Waals surface area contributed by atoms with Gasteiger partial charge in [-0.25, -0.2) is 0 Å². The first-order valence-corrected chi connectivity index (χ1v) is 8.10. The highest BCUT2D eigenvalue weighted by molar-refractivity contribution is 7.07. The predicted octanol–water partition coefficient (Wildman–Crippen LogP) is 3.09. The molecule has 0 atom stereocenters. The lowest BCUT2D eigenvalue weighted by molar-refractivity contribution is -0.133. The number of hydrogen-bond donors (Lipinski definition) is 1. The second-order valence-electron chi connectivity index (χ2n) is 5.30. The van der Waals surface area contributed by atoms with Crippen LogP contribution in [0.5, 0.6) is 0 Å². The Balaban J connectivity index is 1.77. The molecule has 0 spiro atoms. The third kappa shape index (κ3) is 5.00. The maximum absolute atomic E-state index is 12.0. The van der Waals surface area contributed by atoms with E-state index in [0.29, 0.717) is 12.8 Å². The number of likely N-dealkylation sites (N-methyl/N-ethyl adjacent to an activating group) is 1. The predicted molar refractivity (Wildman–Crippen MR) is 90.1 cm³/mol. The fourth-order valence-corrected chi connectivity index (χ4v) is 2.72. The monoisotopic (exact) mass is 316 g/mol. The van der Waals surface area contributed by atoms with E-state index in [0.717, 1.165) is 16.8 Å². The van der Waals surface area contributed by atoms with Crippen LogP contribution in [-0.4, -0.2) is 30.3 Å². The molecule has 0 saturated heterocycles. The number of hydrogen-bond acceptors (Lipinski definition) is 3. The molecule has 0 radical (unpaired) electrons. The van der Waals surface area contributed by atoms with Gasteiger partial charge in [0.05, 0.1) is 6.54 Å². The minimum atomic E-state index is -0.185. The van der Waals surface area contributed by atoms with Gasteiger partial charge in [-0.3, -0.25) is 9.59 Å². The van der Waals surface area contributed by atoms with Crippen molar-refractivity contribution in [3.63, 3.8) is 0 Å². The second kappa shape index (κ2) is 7.75. The number of amides is 2. The van der Waals surface area contributed by atoms with Crippen molar-refractivity contribution in [2.45, 2.75) is 19.8 Å². The molecule has 1 heterocycles. The van der Waals surface area contributed by atoms with Gasteiger partial charge in [-0.1, -0.05) is 17.7 Å². The molecule has 0 aliphatic heterocycles. The van der Waals surface area contributed by atoms with E-state index in [9.17, 15) is 9.59 Å². The standard InChI is InChI=1S/C17H20N2O2S/c1-13-3-6-15(7-4-13)18-16(20)11-19(2)17(21)8-5-14-9-10-22-12-14/h3-4,6-7,9-10,12H,5,8,11H2,1-2H3,(H,18,20). The summed E-state index contributed by atoms with van der Waals surface area (Å²) in [6, 6.07) is 9.59. The summed E-state index contributed by atoms with van der Waals surface area (Å²) in [7, 11) is 1.66. The second-order valence-corrected chi connectivity index (χ2v) is 6.08. The molecular weight excluding hydrogens is 296 g/mol. The smallest absolute Gasteiger partial charge is 0.243 e. The Bertz CT molecular complexity index is 621. The van der Waals surface area contributed by atoms with Gasteiger partial charge in [0, 0.05) is 19.2 Å². The number of aryl methyl sites for hydroxylation is 2. The highest BCUT2D eigenvalue weighted by Crippen LogP contribution is 2.10. The first kappa shape index (κ1) is 16.2. The molecule has 2 aromatic rings. The zero-order valence-electron chi connectivity index (χ0n) is 12.8. The average molecular weight is 316 g/mol. The maximum Gasteiger partial charge on any atom is 0.243 e. The van der Waals surface area contributed by atoms with Gasteiger partial charge in [0.25, 0.3) is 0 Å². The normalized spacial score (nSPS) is 10.3. The number of carbonyl (C=O) groups excluding carboxylic acids is 2. The number of nitrogens with zero attached hydrogens (tertiary/aromatic N) is 1. The van der Waals surface area contributed by atoms with Gasteiger partial charge >= 0.3 is 0 Å². The Morgan fingerprint density at radius 3 is 2.55 bits per heavy atom. The van der Waals surface area contributed by atoms with E-state index in [2.05, 4.69) is 5.32 Å². The molecule has 2 rings (SSSR count). The van der Waals surface area contributed by atoms with Crippen molar-refractivity contribution >= 4 is 28.8 Å². The quantitative estimate of drug-likeness (QED) is 0.890. The fraction of sp³-hybridized carbons (Fsp3) is 0.294. The lowest BCUT2D eigenvalue weighted by Gasteiger charge is -2.16. The van der Waals surface area contributed by atoms with Crippen molar-refractivity contribution in [1.29, 1.82) is 0 Å². The number of benzene rings is 1. The SMILES string of the molecule is Cc1ccc(NC(=O)CN(C)C(=O)CCc2ccsc2)cc1. The summed E-state index contributed by atoms with van der Waals surface area (Å²) < 4.78 is 0. The van der Waals surface area contributed by atoms with Crippen LogP contribution in [0.25, 0.3) is 0 Å². The van der Waals surface area contributed by atoms with Crippen LogP contribution in [0.3, 0.4) is 0 Å². The molecule has 116 valence electrons. The molecule has 1 N–H and O–H groups in total. The Labute approximate surface area is 134 Å². The summed E-state index contributed by atoms with van der Waals surface area (Å²) in [6.07, 6.45) is 1.14. The van der Waals surface area contributed by atoms with E-state index in [1.807, 2.05) is 48.0 Å². The molecule has 5 heteroatoms. The molecule has 4 nitrogen and oxygen atoms in total. The van der Waals surface area contributed by atoms with Crippen LogP contribution in [0.2, 0.25) is 0 Å². The van der Waals surface area contributed by atoms with Crippen molar-refractivity contribution < 1.29 is 9.59 Å². The molecule has 0 bridgehead atoms. The van der Waals surface area contributed by atoms with E-state index in [4.69, 9.17) is 0 Å². The summed E-state index contributed by atoms with van der Waals surface area (Å²) in [5, 5.41) is 6.83. The topological polar surface area (TPSA) is 49.4 Å². The Morgan fingerprint density at radius 1 is 1.18 bits per heavy atom. The van der Waals surface area contributed by atoms with Gasteiger partial charge in [-0.05, 0) is 47.9 Å². The third-order valence-corrected chi connectivity index (χ3v) is 4.08. The van der Waals surface area contributed by atoms with Gasteiger partial charge < -0.3 is 10.2 Å². The average Bonchev–Trinajstić information content (AvgIpc) is 3.00. The lowest BCUT2D eigenvalue weighted by Crippen LogP contribution is -2.35. The number of nitrogens with one attached hydrogen (secondary N) is 1. The van der Waals surface area contributed by atoms with Crippen molar-refractivity contribution in [1.82, 2.24) is 4.90 Å². The lowest BCUT2D eigenvalue weighted by atomic mass is 10.2. The zero-order valence-corrected chi connectivity index (χ0v) is 13.7. The van der Waals surface area contributed by atoms with Crippen LogP contribution in [0.4, 0.5) is 5.69 Å². The zero-order chi connectivity index (χ0) is 15.9. The molecule has 22 heavy (non-hydrogen) atoms. The molecule has 2 amide bonds. The molecule has 0 unspecified atom stereocenters. The largest absolute Gasteiger partial charge is 0.336 e. The first-order valence-electron chi connectivity index (χ1n) is 7.16. The van der Waals surface area contributed by atoms with Crippen molar-refractivity contribution in [2.24, 2.45) is 0 Å². The van der Waals surface area contributed by atoms with Crippen LogP contribution in [0, 0.1) is 6.92 Å². The molecule has 1 aromatic carbocycles. The summed E-state index contributed by atoms with van der Waals surface area (Å²) in [5.41, 5.74) is 3.05. The Kier molecular flexibility index (Phi) is 5.72. The van der Waals surface area contributed by atoms with E-state index in [1.165, 1.54) is 4.90 Å². The summed E-state index contributed by atoms with van der Waals surface area (Å²) >= 11 is 1.62. The molecular formula is C17H20N2O2S. The van der Waals surface area contributed by atoms with Crippen molar-refractivity contribution in [3.05, 3.63) is 52.2 Å². The molecule has 0 fully saturated rings. The number of rotatable bonds is 6. The van der Waals surface area contributed by atoms with Gasteiger partial charge in [0.15, 0.2) is 0 Å². The molecule has 0 aliphatic carbocycles. The van der Waals surface area contributed by atoms with E-state index in [1.54, 1.807) is 18.4 Å². The first-order chi connectivity index (χ1) is 10.5. The highest BCUT2D eigenvalue weighted by atomic mass is 32.1. The van der Waals surface area contributed by atoms with E-state index >= 15 is 0 Å². The van der Waals surface area contributed by atoms with Gasteiger partial charge in [-0.15, -0.1) is 0 Å². The molecule has 1 aromatic heterocycles. The number of anilines is 1. The Morgan fingerprint density at radius 2 is 1.91 bits per heavy atom. The van der Waals surface area contributed by atoms with E-state index in [-0.39, 0.29) is 18.4 Å². The van der Waals surface area contributed by atoms with E-state index < -0.39 is 0 Å². The number of thiophene rings is 1. The summed E-state index contributed by atoms with van der Waals surface area (Å²) in [6.45, 7) is 2.06. The molecule has 0 saturated carbocycles. The number of carbonyl (C=O) groups is 2. The van der Waals surface area contributed by atoms with Crippen LogP contribution in [-0.2, 0) is 16.0 Å². The van der Waals surface area contributed by atoms with Crippen LogP contribution in [0.1, 0.15) is 17.5 Å².